The van der Waals surface area contributed by atoms with Crippen LogP contribution in [0.1, 0.15) is 18.4 Å². The molecule has 1 heterocycles. The molecule has 1 fully saturated rings. The Morgan fingerprint density at radius 2 is 2.05 bits per heavy atom. The van der Waals surface area contributed by atoms with Gasteiger partial charge < -0.3 is 14.4 Å². The van der Waals surface area contributed by atoms with E-state index in [2.05, 4.69) is 4.90 Å². The number of hydrogen-bond donors (Lipinski definition) is 0. The molecule has 0 aromatic heterocycles. The fraction of sp³-hybridized carbons (Fsp3) is 0.500. The Labute approximate surface area is 135 Å². The van der Waals surface area contributed by atoms with Crippen LogP contribution in [0.15, 0.2) is 24.3 Å². The summed E-state index contributed by atoms with van der Waals surface area (Å²) in [6.45, 7) is 4.12. The summed E-state index contributed by atoms with van der Waals surface area (Å²) >= 11 is 5.90. The largest absolute Gasteiger partial charge is 0.445 e. The highest BCUT2D eigenvalue weighted by molar-refractivity contribution is 6.30. The summed E-state index contributed by atoms with van der Waals surface area (Å²) in [6, 6.07) is 7.30. The normalized spacial score (nSPS) is 15.6. The summed E-state index contributed by atoms with van der Waals surface area (Å²) in [5.74, 6) is 0. The molecular formula is C16H21ClN2O3. The lowest BCUT2D eigenvalue weighted by Gasteiger charge is -2.33. The highest BCUT2D eigenvalue weighted by Crippen LogP contribution is 2.12. The Morgan fingerprint density at radius 3 is 2.73 bits per heavy atom. The average Bonchev–Trinajstić information content (AvgIpc) is 2.54. The Balaban J connectivity index is 1.70. The lowest BCUT2D eigenvalue weighted by atomic mass is 10.2. The number of carbonyl (C=O) groups excluding carboxylic acids is 2. The Bertz CT molecular complexity index is 502. The molecule has 0 unspecified atom stereocenters. The van der Waals surface area contributed by atoms with E-state index in [4.69, 9.17) is 16.3 Å². The molecule has 1 aromatic rings. The van der Waals surface area contributed by atoms with Crippen molar-refractivity contribution in [2.45, 2.75) is 19.4 Å². The van der Waals surface area contributed by atoms with E-state index in [1.807, 2.05) is 12.1 Å². The molecule has 1 aliphatic heterocycles. The van der Waals surface area contributed by atoms with Gasteiger partial charge in [-0.05, 0) is 30.7 Å². The van der Waals surface area contributed by atoms with Crippen molar-refractivity contribution in [1.29, 1.82) is 0 Å². The van der Waals surface area contributed by atoms with Crippen molar-refractivity contribution in [2.24, 2.45) is 0 Å². The number of amides is 1. The van der Waals surface area contributed by atoms with E-state index in [0.717, 1.165) is 37.9 Å². The molecule has 0 spiro atoms. The zero-order valence-corrected chi connectivity index (χ0v) is 13.3. The maximum absolute atomic E-state index is 12.0. The predicted molar refractivity (Wildman–Crippen MR) is 84.9 cm³/mol. The number of carbonyl (C=O) groups is 2. The molecule has 1 aromatic carbocycles. The first-order valence-electron chi connectivity index (χ1n) is 7.51. The summed E-state index contributed by atoms with van der Waals surface area (Å²) < 4.78 is 5.32. The Morgan fingerprint density at radius 1 is 1.27 bits per heavy atom. The fourth-order valence-corrected chi connectivity index (χ4v) is 2.63. The van der Waals surface area contributed by atoms with Crippen LogP contribution < -0.4 is 0 Å². The van der Waals surface area contributed by atoms with Gasteiger partial charge in [0.2, 0.25) is 0 Å². The van der Waals surface area contributed by atoms with Gasteiger partial charge in [0, 0.05) is 37.6 Å². The monoisotopic (exact) mass is 324 g/mol. The molecule has 0 aliphatic carbocycles. The summed E-state index contributed by atoms with van der Waals surface area (Å²) in [7, 11) is 0. The maximum Gasteiger partial charge on any atom is 0.410 e. The number of unbranched alkanes of at least 4 members (excludes halogenated alkanes) is 1. The topological polar surface area (TPSA) is 49.9 Å². The van der Waals surface area contributed by atoms with Gasteiger partial charge in [-0.15, -0.1) is 0 Å². The zero-order chi connectivity index (χ0) is 15.8. The van der Waals surface area contributed by atoms with E-state index in [0.29, 0.717) is 24.5 Å². The second kappa shape index (κ2) is 8.76. The van der Waals surface area contributed by atoms with E-state index >= 15 is 0 Å². The second-order valence-electron chi connectivity index (χ2n) is 5.32. The van der Waals surface area contributed by atoms with Gasteiger partial charge in [0.25, 0.3) is 0 Å². The number of piperazine rings is 1. The fourth-order valence-electron chi connectivity index (χ4n) is 2.42. The number of halogens is 1. The van der Waals surface area contributed by atoms with Crippen LogP contribution in [0.5, 0.6) is 0 Å². The second-order valence-corrected chi connectivity index (χ2v) is 5.76. The number of ether oxygens (including phenoxy) is 1. The molecule has 0 bridgehead atoms. The minimum absolute atomic E-state index is 0.235. The molecule has 6 heteroatoms. The third-order valence-electron chi connectivity index (χ3n) is 3.68. The van der Waals surface area contributed by atoms with Gasteiger partial charge >= 0.3 is 6.09 Å². The number of rotatable bonds is 6. The van der Waals surface area contributed by atoms with Crippen LogP contribution in [0.25, 0.3) is 0 Å². The van der Waals surface area contributed by atoms with Crippen LogP contribution in [0.2, 0.25) is 5.02 Å². The van der Waals surface area contributed by atoms with Gasteiger partial charge in [0.15, 0.2) is 0 Å². The SMILES string of the molecule is O=CCCCN1CCN(C(=O)OCc2cccc(Cl)c2)CC1. The third kappa shape index (κ3) is 5.31. The van der Waals surface area contributed by atoms with Crippen LogP contribution >= 0.6 is 11.6 Å². The van der Waals surface area contributed by atoms with E-state index in [-0.39, 0.29) is 12.7 Å². The van der Waals surface area contributed by atoms with Gasteiger partial charge in [-0.3, -0.25) is 4.90 Å². The van der Waals surface area contributed by atoms with Crippen molar-refractivity contribution < 1.29 is 14.3 Å². The van der Waals surface area contributed by atoms with Gasteiger partial charge in [0.05, 0.1) is 0 Å². The summed E-state index contributed by atoms with van der Waals surface area (Å²) in [6.07, 6.45) is 2.14. The quantitative estimate of drug-likeness (QED) is 0.596. The minimum atomic E-state index is -0.285. The van der Waals surface area contributed by atoms with Crippen LogP contribution in [0, 0.1) is 0 Å². The van der Waals surface area contributed by atoms with Crippen molar-refractivity contribution in [3.8, 4) is 0 Å². The highest BCUT2D eigenvalue weighted by atomic mass is 35.5. The first-order valence-corrected chi connectivity index (χ1v) is 7.89. The first-order chi connectivity index (χ1) is 10.7. The summed E-state index contributed by atoms with van der Waals surface area (Å²) in [5, 5.41) is 0.637. The number of hydrogen-bond acceptors (Lipinski definition) is 4. The molecule has 0 atom stereocenters. The average molecular weight is 325 g/mol. The van der Waals surface area contributed by atoms with Gasteiger partial charge in [-0.2, -0.15) is 0 Å². The molecule has 0 saturated carbocycles. The molecule has 2 rings (SSSR count). The van der Waals surface area contributed by atoms with Crippen molar-refractivity contribution in [3.63, 3.8) is 0 Å². The zero-order valence-electron chi connectivity index (χ0n) is 12.5. The molecule has 22 heavy (non-hydrogen) atoms. The first kappa shape index (κ1) is 16.8. The van der Waals surface area contributed by atoms with E-state index < -0.39 is 0 Å². The van der Waals surface area contributed by atoms with Crippen LogP contribution in [0.4, 0.5) is 4.79 Å². The number of aldehydes is 1. The van der Waals surface area contributed by atoms with Crippen molar-refractivity contribution in [2.75, 3.05) is 32.7 Å². The number of benzene rings is 1. The van der Waals surface area contributed by atoms with E-state index in [1.165, 1.54) is 0 Å². The standard InChI is InChI=1S/C16H21ClN2O3/c17-15-5-3-4-14(12-15)13-22-16(21)19-9-7-18(8-10-19)6-1-2-11-20/h3-5,11-12H,1-2,6-10,13H2. The van der Waals surface area contributed by atoms with E-state index in [1.54, 1.807) is 17.0 Å². The summed E-state index contributed by atoms with van der Waals surface area (Å²) in [4.78, 5) is 26.3. The summed E-state index contributed by atoms with van der Waals surface area (Å²) in [5.41, 5.74) is 0.883. The third-order valence-corrected chi connectivity index (χ3v) is 3.91. The van der Waals surface area contributed by atoms with Crippen molar-refractivity contribution in [1.82, 2.24) is 9.80 Å². The Kier molecular flexibility index (Phi) is 6.68. The highest BCUT2D eigenvalue weighted by Gasteiger charge is 2.21. The van der Waals surface area contributed by atoms with Crippen molar-refractivity contribution in [3.05, 3.63) is 34.9 Å². The van der Waals surface area contributed by atoms with Gasteiger partial charge in [0.1, 0.15) is 12.9 Å². The lowest BCUT2D eigenvalue weighted by Crippen LogP contribution is -2.48. The molecule has 0 radical (unpaired) electrons. The molecule has 1 saturated heterocycles. The van der Waals surface area contributed by atoms with Crippen LogP contribution in [-0.2, 0) is 16.1 Å². The lowest BCUT2D eigenvalue weighted by molar-refractivity contribution is -0.108. The molecule has 1 aliphatic rings. The smallest absolute Gasteiger partial charge is 0.410 e. The molecule has 5 nitrogen and oxygen atoms in total. The Hall–Kier alpha value is -1.59. The molecular weight excluding hydrogens is 304 g/mol. The van der Waals surface area contributed by atoms with Crippen LogP contribution in [0.3, 0.4) is 0 Å². The molecule has 120 valence electrons. The van der Waals surface area contributed by atoms with Gasteiger partial charge in [-0.1, -0.05) is 23.7 Å². The predicted octanol–water partition coefficient (Wildman–Crippen LogP) is 2.57. The van der Waals surface area contributed by atoms with Gasteiger partial charge in [-0.25, -0.2) is 4.79 Å². The molecule has 1 amide bonds. The molecule has 0 N–H and O–H groups in total. The van der Waals surface area contributed by atoms with Crippen LogP contribution in [-0.4, -0.2) is 54.9 Å². The van der Waals surface area contributed by atoms with E-state index in [9.17, 15) is 9.59 Å². The van der Waals surface area contributed by atoms with Crippen molar-refractivity contribution >= 4 is 24.0 Å². The maximum atomic E-state index is 12.0. The minimum Gasteiger partial charge on any atom is -0.445 e. The number of nitrogens with zero attached hydrogens (tertiary/aromatic N) is 2.